The molecule has 1 aliphatic carbocycles. The van der Waals surface area contributed by atoms with Crippen LogP contribution in [0.5, 0.6) is 0 Å². The number of nitrogens with one attached hydrogen (secondary N) is 1. The fraction of sp³-hybridized carbons (Fsp3) is 0.900. The van der Waals surface area contributed by atoms with Gasteiger partial charge < -0.3 is 4.74 Å². The van der Waals surface area contributed by atoms with E-state index in [9.17, 15) is 4.79 Å². The molecule has 4 heteroatoms. The van der Waals surface area contributed by atoms with Crippen LogP contribution in [0.4, 0.5) is 4.79 Å². The lowest BCUT2D eigenvalue weighted by atomic mass is 10.3. The molecule has 14 heavy (non-hydrogen) atoms. The third kappa shape index (κ3) is 3.18. The van der Waals surface area contributed by atoms with Gasteiger partial charge >= 0.3 is 6.09 Å². The van der Waals surface area contributed by atoms with E-state index >= 15 is 0 Å². The van der Waals surface area contributed by atoms with Crippen molar-refractivity contribution in [3.05, 3.63) is 0 Å². The van der Waals surface area contributed by atoms with Crippen molar-refractivity contribution in [3.63, 3.8) is 0 Å². The summed E-state index contributed by atoms with van der Waals surface area (Å²) < 4.78 is 4.93. The number of carbonyl (C=O) groups excluding carboxylic acids is 1. The number of hydrogen-bond donors (Lipinski definition) is 1. The molecule has 82 valence electrons. The summed E-state index contributed by atoms with van der Waals surface area (Å²) in [6.45, 7) is 4.84. The average molecular weight is 200 g/mol. The molecule has 0 saturated heterocycles. The van der Waals surface area contributed by atoms with Crippen LogP contribution in [0.3, 0.4) is 0 Å². The Morgan fingerprint density at radius 1 is 1.43 bits per heavy atom. The van der Waals surface area contributed by atoms with Crippen molar-refractivity contribution in [3.8, 4) is 0 Å². The van der Waals surface area contributed by atoms with Crippen LogP contribution in [-0.4, -0.2) is 30.3 Å². The SMILES string of the molecule is CCOC(=O)N(CC)NC1CCCC1. The van der Waals surface area contributed by atoms with Gasteiger partial charge in [-0.15, -0.1) is 0 Å². The topological polar surface area (TPSA) is 41.6 Å². The molecule has 1 amide bonds. The van der Waals surface area contributed by atoms with Crippen LogP contribution in [0.15, 0.2) is 0 Å². The second-order valence-corrected chi connectivity index (χ2v) is 3.55. The van der Waals surface area contributed by atoms with Gasteiger partial charge in [-0.2, -0.15) is 0 Å². The van der Waals surface area contributed by atoms with Crippen LogP contribution < -0.4 is 5.43 Å². The molecule has 1 aliphatic rings. The molecule has 1 saturated carbocycles. The molecule has 0 aromatic heterocycles. The van der Waals surface area contributed by atoms with Crippen LogP contribution in [0.1, 0.15) is 39.5 Å². The zero-order valence-electron chi connectivity index (χ0n) is 9.08. The van der Waals surface area contributed by atoms with Crippen LogP contribution in [-0.2, 0) is 4.74 Å². The van der Waals surface area contributed by atoms with Gasteiger partial charge in [0.05, 0.1) is 6.61 Å². The third-order valence-corrected chi connectivity index (χ3v) is 2.50. The van der Waals surface area contributed by atoms with Gasteiger partial charge in [-0.25, -0.2) is 15.2 Å². The Morgan fingerprint density at radius 3 is 2.57 bits per heavy atom. The van der Waals surface area contributed by atoms with Crippen LogP contribution in [0, 0.1) is 0 Å². The molecule has 1 N–H and O–H groups in total. The van der Waals surface area contributed by atoms with E-state index in [0.717, 1.165) is 12.8 Å². The molecule has 0 radical (unpaired) electrons. The molecule has 0 bridgehead atoms. The summed E-state index contributed by atoms with van der Waals surface area (Å²) in [7, 11) is 0. The number of hydrogen-bond acceptors (Lipinski definition) is 3. The Kier molecular flexibility index (Phi) is 4.73. The van der Waals surface area contributed by atoms with E-state index in [1.165, 1.54) is 12.8 Å². The summed E-state index contributed by atoms with van der Waals surface area (Å²) in [6.07, 6.45) is 4.59. The molecule has 4 nitrogen and oxygen atoms in total. The first-order valence-electron chi connectivity index (χ1n) is 5.48. The first-order valence-corrected chi connectivity index (χ1v) is 5.48. The normalized spacial score (nSPS) is 17.0. The first kappa shape index (κ1) is 11.3. The van der Waals surface area contributed by atoms with Crippen molar-refractivity contribution in [2.24, 2.45) is 0 Å². The fourth-order valence-corrected chi connectivity index (χ4v) is 1.75. The second-order valence-electron chi connectivity index (χ2n) is 3.55. The van der Waals surface area contributed by atoms with Gasteiger partial charge in [0.2, 0.25) is 0 Å². The highest BCUT2D eigenvalue weighted by Gasteiger charge is 2.20. The largest absolute Gasteiger partial charge is 0.449 e. The lowest BCUT2D eigenvalue weighted by molar-refractivity contribution is 0.0812. The molecule has 0 aliphatic heterocycles. The molecule has 1 rings (SSSR count). The highest BCUT2D eigenvalue weighted by Crippen LogP contribution is 2.18. The van der Waals surface area contributed by atoms with Crippen molar-refractivity contribution < 1.29 is 9.53 Å². The smallest absolute Gasteiger partial charge is 0.424 e. The minimum Gasteiger partial charge on any atom is -0.449 e. The highest BCUT2D eigenvalue weighted by atomic mass is 16.6. The summed E-state index contributed by atoms with van der Waals surface area (Å²) in [4.78, 5) is 11.4. The fourth-order valence-electron chi connectivity index (χ4n) is 1.75. The number of carbonyl (C=O) groups is 1. The van der Waals surface area contributed by atoms with Gasteiger partial charge in [-0.1, -0.05) is 12.8 Å². The lowest BCUT2D eigenvalue weighted by Crippen LogP contribution is -2.47. The lowest BCUT2D eigenvalue weighted by Gasteiger charge is -2.24. The summed E-state index contributed by atoms with van der Waals surface area (Å²) in [5, 5.41) is 1.57. The van der Waals surface area contributed by atoms with E-state index in [1.54, 1.807) is 5.01 Å². The Labute approximate surface area is 85.6 Å². The van der Waals surface area contributed by atoms with Crippen LogP contribution >= 0.6 is 0 Å². The minimum atomic E-state index is -0.262. The van der Waals surface area contributed by atoms with Crippen molar-refractivity contribution in [2.45, 2.75) is 45.6 Å². The maximum absolute atomic E-state index is 11.4. The van der Waals surface area contributed by atoms with E-state index < -0.39 is 0 Å². The zero-order valence-corrected chi connectivity index (χ0v) is 9.08. The van der Waals surface area contributed by atoms with Crippen molar-refractivity contribution >= 4 is 6.09 Å². The van der Waals surface area contributed by atoms with E-state index in [-0.39, 0.29) is 6.09 Å². The average Bonchev–Trinajstić information content (AvgIpc) is 2.66. The number of ether oxygens (including phenoxy) is 1. The zero-order chi connectivity index (χ0) is 10.4. The molecule has 1 fully saturated rings. The van der Waals surface area contributed by atoms with Gasteiger partial charge in [-0.05, 0) is 26.7 Å². The number of nitrogens with zero attached hydrogens (tertiary/aromatic N) is 1. The van der Waals surface area contributed by atoms with Gasteiger partial charge in [0, 0.05) is 12.6 Å². The maximum atomic E-state index is 11.4. The van der Waals surface area contributed by atoms with Crippen molar-refractivity contribution in [1.82, 2.24) is 10.4 Å². The van der Waals surface area contributed by atoms with Gasteiger partial charge in [0.25, 0.3) is 0 Å². The highest BCUT2D eigenvalue weighted by molar-refractivity contribution is 5.66. The van der Waals surface area contributed by atoms with Crippen LogP contribution in [0.25, 0.3) is 0 Å². The van der Waals surface area contributed by atoms with Crippen molar-refractivity contribution in [1.29, 1.82) is 0 Å². The number of hydrazine groups is 1. The predicted octanol–water partition coefficient (Wildman–Crippen LogP) is 1.91. The van der Waals surface area contributed by atoms with E-state index in [1.807, 2.05) is 13.8 Å². The molecule has 0 aromatic rings. The predicted molar refractivity (Wildman–Crippen MR) is 54.8 cm³/mol. The number of amides is 1. The van der Waals surface area contributed by atoms with E-state index in [2.05, 4.69) is 5.43 Å². The van der Waals surface area contributed by atoms with Crippen LogP contribution in [0.2, 0.25) is 0 Å². The molecular formula is C10H20N2O2. The summed E-state index contributed by atoms with van der Waals surface area (Å²) in [6, 6.07) is 0.458. The molecule has 0 aromatic carbocycles. The summed E-state index contributed by atoms with van der Waals surface area (Å²) >= 11 is 0. The first-order chi connectivity index (χ1) is 6.77. The van der Waals surface area contributed by atoms with Gasteiger partial charge in [0.15, 0.2) is 0 Å². The quantitative estimate of drug-likeness (QED) is 0.705. The molecule has 0 atom stereocenters. The van der Waals surface area contributed by atoms with E-state index in [4.69, 9.17) is 4.74 Å². The summed E-state index contributed by atoms with van der Waals surface area (Å²) in [5.41, 5.74) is 3.21. The molecule has 0 unspecified atom stereocenters. The molecule has 0 spiro atoms. The van der Waals surface area contributed by atoms with Gasteiger partial charge in [-0.3, -0.25) is 0 Å². The molecular weight excluding hydrogens is 180 g/mol. The third-order valence-electron chi connectivity index (χ3n) is 2.50. The monoisotopic (exact) mass is 200 g/mol. The Bertz CT molecular complexity index is 179. The Morgan fingerprint density at radius 2 is 2.07 bits per heavy atom. The Hall–Kier alpha value is -0.770. The van der Waals surface area contributed by atoms with Crippen molar-refractivity contribution in [2.75, 3.05) is 13.2 Å². The standard InChI is InChI=1S/C10H20N2O2/c1-3-12(10(13)14-4-2)11-9-7-5-6-8-9/h9,11H,3-8H2,1-2H3. The summed E-state index contributed by atoms with van der Waals surface area (Å²) in [5.74, 6) is 0. The second kappa shape index (κ2) is 5.86. The maximum Gasteiger partial charge on any atom is 0.424 e. The minimum absolute atomic E-state index is 0.262. The Balaban J connectivity index is 2.33. The van der Waals surface area contributed by atoms with E-state index in [0.29, 0.717) is 19.2 Å². The molecule has 0 heterocycles. The van der Waals surface area contributed by atoms with Gasteiger partial charge in [0.1, 0.15) is 0 Å². The number of rotatable bonds is 4.